The topological polar surface area (TPSA) is 136 Å². The van der Waals surface area contributed by atoms with Gasteiger partial charge in [-0.2, -0.15) is 15.6 Å². The van der Waals surface area contributed by atoms with Gasteiger partial charge in [0.25, 0.3) is 0 Å². The number of azo groups is 1. The monoisotopic (exact) mass is 426 g/mol. The third-order valence-corrected chi connectivity index (χ3v) is 4.82. The van der Waals surface area contributed by atoms with Crippen LogP contribution >= 0.6 is 36.2 Å². The third kappa shape index (κ3) is 4.20. The number of hydrogen-bond acceptors (Lipinski definition) is 10. The number of H-pyrrole nitrogens is 1. The Labute approximate surface area is 173 Å². The van der Waals surface area contributed by atoms with Crippen LogP contribution in [0, 0.1) is 26.6 Å². The van der Waals surface area contributed by atoms with E-state index in [1.807, 2.05) is 12.1 Å². The molecule has 1 N–H and O–H groups in total. The zero-order chi connectivity index (χ0) is 20.1. The van der Waals surface area contributed by atoms with Crippen LogP contribution in [0.3, 0.4) is 0 Å². The number of hydrogen-bond donors (Lipinski definition) is 2. The van der Waals surface area contributed by atoms with E-state index < -0.39 is 5.37 Å². The Morgan fingerprint density at radius 2 is 2.11 bits per heavy atom. The lowest BCUT2D eigenvalue weighted by Gasteiger charge is -2.10. The van der Waals surface area contributed by atoms with E-state index in [0.717, 1.165) is 11.3 Å². The number of imidazole rings is 1. The highest BCUT2D eigenvalue weighted by molar-refractivity contribution is 7.80. The fourth-order valence-electron chi connectivity index (χ4n) is 2.30. The average molecular weight is 427 g/mol. The van der Waals surface area contributed by atoms with Crippen molar-refractivity contribution >= 4 is 47.1 Å². The summed E-state index contributed by atoms with van der Waals surface area (Å²) in [6, 6.07) is 12.4. The van der Waals surface area contributed by atoms with Crippen molar-refractivity contribution in [2.45, 2.75) is 11.9 Å². The molecule has 0 amide bonds. The van der Waals surface area contributed by atoms with Crippen molar-refractivity contribution < 1.29 is 4.79 Å². The SMILES string of the molecule is N#Cc1nc(C(S)N=Nc2n[nH]c(=S)s2)n(CC(=O)c2ccccc2)c1C#N. The molecule has 0 saturated carbocycles. The first kappa shape index (κ1) is 19.6. The van der Waals surface area contributed by atoms with Crippen LogP contribution in [-0.2, 0) is 6.54 Å². The first-order valence-electron chi connectivity index (χ1n) is 7.66. The van der Waals surface area contributed by atoms with E-state index in [1.54, 1.807) is 30.3 Å². The number of Topliss-reactive ketones (excluding diaryl/α,β-unsaturated/α-hetero) is 1. The Hall–Kier alpha value is -3.19. The number of aromatic nitrogens is 4. The van der Waals surface area contributed by atoms with E-state index in [0.29, 0.717) is 14.6 Å². The number of rotatable bonds is 6. The quantitative estimate of drug-likeness (QED) is 0.267. The van der Waals surface area contributed by atoms with Crippen molar-refractivity contribution in [3.05, 3.63) is 57.1 Å². The molecule has 28 heavy (non-hydrogen) atoms. The molecular formula is C16H10N8OS3. The van der Waals surface area contributed by atoms with Crippen molar-refractivity contribution in [3.63, 3.8) is 0 Å². The van der Waals surface area contributed by atoms with Gasteiger partial charge in [0.2, 0.25) is 5.13 Å². The molecule has 0 radical (unpaired) electrons. The fraction of sp³-hybridized carbons (Fsp3) is 0.125. The highest BCUT2D eigenvalue weighted by atomic mass is 32.1. The summed E-state index contributed by atoms with van der Waals surface area (Å²) in [7, 11) is 0. The molecule has 12 heteroatoms. The maximum Gasteiger partial charge on any atom is 0.250 e. The maximum atomic E-state index is 12.6. The standard InChI is InChI=1S/C16H10N8OS3/c17-6-10-11(7-18)24(8-12(25)9-4-2-1-3-5-9)13(19-10)14(26)20-21-15-22-23-16(27)28-15/h1-5,14,26H,8H2,(H,23,27). The molecule has 0 spiro atoms. The molecule has 2 heterocycles. The van der Waals surface area contributed by atoms with Gasteiger partial charge < -0.3 is 4.57 Å². The molecule has 2 aromatic heterocycles. The molecule has 9 nitrogen and oxygen atoms in total. The molecule has 1 aromatic carbocycles. The van der Waals surface area contributed by atoms with Crippen LogP contribution in [0.1, 0.15) is 32.9 Å². The van der Waals surface area contributed by atoms with E-state index >= 15 is 0 Å². The highest BCUT2D eigenvalue weighted by Gasteiger charge is 2.23. The van der Waals surface area contributed by atoms with E-state index in [9.17, 15) is 15.3 Å². The average Bonchev–Trinajstić information content (AvgIpc) is 3.29. The first-order chi connectivity index (χ1) is 13.5. The normalized spacial score (nSPS) is 11.8. The smallest absolute Gasteiger partial charge is 0.250 e. The van der Waals surface area contributed by atoms with E-state index in [1.165, 1.54) is 4.57 Å². The Kier molecular flexibility index (Phi) is 6.06. The molecule has 0 aliphatic rings. The van der Waals surface area contributed by atoms with Crippen LogP contribution in [0.5, 0.6) is 0 Å². The van der Waals surface area contributed by atoms with Crippen molar-refractivity contribution in [3.8, 4) is 12.1 Å². The molecule has 0 bridgehead atoms. The molecule has 0 fully saturated rings. The second-order valence-electron chi connectivity index (χ2n) is 5.25. The predicted molar refractivity (Wildman–Crippen MR) is 106 cm³/mol. The Balaban J connectivity index is 1.96. The summed E-state index contributed by atoms with van der Waals surface area (Å²) in [5.74, 6) is -0.0911. The number of nitrogens with zero attached hydrogens (tertiary/aromatic N) is 7. The minimum absolute atomic E-state index is 0.0357. The number of ketones is 1. The van der Waals surface area contributed by atoms with Crippen molar-refractivity contribution in [2.24, 2.45) is 10.2 Å². The number of carbonyl (C=O) groups is 1. The van der Waals surface area contributed by atoms with E-state index in [-0.39, 0.29) is 29.5 Å². The van der Waals surface area contributed by atoms with Gasteiger partial charge in [-0.05, 0) is 12.2 Å². The Morgan fingerprint density at radius 3 is 2.71 bits per heavy atom. The number of benzene rings is 1. The van der Waals surface area contributed by atoms with E-state index in [4.69, 9.17) is 12.2 Å². The van der Waals surface area contributed by atoms with Gasteiger partial charge in [-0.15, -0.1) is 22.8 Å². The molecule has 3 rings (SSSR count). The van der Waals surface area contributed by atoms with Gasteiger partial charge in [0.1, 0.15) is 18.0 Å². The lowest BCUT2D eigenvalue weighted by Crippen LogP contribution is -2.15. The number of thiol groups is 1. The minimum atomic E-state index is -0.921. The van der Waals surface area contributed by atoms with Crippen LogP contribution in [0.25, 0.3) is 0 Å². The first-order valence-corrected chi connectivity index (χ1v) is 9.41. The molecule has 3 aromatic rings. The summed E-state index contributed by atoms with van der Waals surface area (Å²) in [4.78, 5) is 16.7. The van der Waals surface area contributed by atoms with Crippen molar-refractivity contribution in [1.82, 2.24) is 19.7 Å². The highest BCUT2D eigenvalue weighted by Crippen LogP contribution is 2.27. The molecule has 0 saturated heterocycles. The molecule has 0 aliphatic heterocycles. The number of nitrogens with one attached hydrogen (secondary N) is 1. The molecule has 1 atom stereocenters. The Morgan fingerprint density at radius 1 is 1.36 bits per heavy atom. The third-order valence-electron chi connectivity index (χ3n) is 3.52. The summed E-state index contributed by atoms with van der Waals surface area (Å²) in [5.41, 5.74) is 0.327. The van der Waals surface area contributed by atoms with Crippen LogP contribution < -0.4 is 0 Å². The van der Waals surface area contributed by atoms with Gasteiger partial charge >= 0.3 is 0 Å². The zero-order valence-electron chi connectivity index (χ0n) is 14.0. The minimum Gasteiger partial charge on any atom is -0.308 e. The summed E-state index contributed by atoms with van der Waals surface area (Å²) in [6.45, 7) is -0.190. The van der Waals surface area contributed by atoms with Gasteiger partial charge in [-0.3, -0.25) is 9.89 Å². The molecule has 138 valence electrons. The summed E-state index contributed by atoms with van der Waals surface area (Å²) >= 11 is 10.4. The molecular weight excluding hydrogens is 416 g/mol. The van der Waals surface area contributed by atoms with Gasteiger partial charge in [0.15, 0.2) is 26.5 Å². The lowest BCUT2D eigenvalue weighted by atomic mass is 10.1. The van der Waals surface area contributed by atoms with E-state index in [2.05, 4.69) is 38.0 Å². The largest absolute Gasteiger partial charge is 0.308 e. The zero-order valence-corrected chi connectivity index (χ0v) is 16.5. The fourth-order valence-corrected chi connectivity index (χ4v) is 3.25. The summed E-state index contributed by atoms with van der Waals surface area (Å²) in [6.07, 6.45) is 0. The number of aromatic amines is 1. The molecule has 0 aliphatic carbocycles. The summed E-state index contributed by atoms with van der Waals surface area (Å²) < 4.78 is 1.77. The predicted octanol–water partition coefficient (Wildman–Crippen LogP) is 3.74. The van der Waals surface area contributed by atoms with Crippen LogP contribution in [-0.4, -0.2) is 25.5 Å². The van der Waals surface area contributed by atoms with Crippen LogP contribution in [0.2, 0.25) is 0 Å². The van der Waals surface area contributed by atoms with Crippen LogP contribution in [0.15, 0.2) is 40.6 Å². The van der Waals surface area contributed by atoms with Gasteiger partial charge in [0.05, 0.1) is 6.54 Å². The second-order valence-corrected chi connectivity index (χ2v) is 7.38. The van der Waals surface area contributed by atoms with Crippen molar-refractivity contribution in [2.75, 3.05) is 0 Å². The second kappa shape index (κ2) is 8.67. The number of nitriles is 2. The van der Waals surface area contributed by atoms with Crippen molar-refractivity contribution in [1.29, 1.82) is 10.5 Å². The van der Waals surface area contributed by atoms with Gasteiger partial charge in [-0.1, -0.05) is 41.7 Å². The molecule has 1 unspecified atom stereocenters. The Bertz CT molecular complexity index is 1180. The lowest BCUT2D eigenvalue weighted by molar-refractivity contribution is 0.0970. The number of carbonyl (C=O) groups excluding carboxylic acids is 1. The van der Waals surface area contributed by atoms with Gasteiger partial charge in [-0.25, -0.2) is 4.98 Å². The van der Waals surface area contributed by atoms with Gasteiger partial charge in [0, 0.05) is 5.56 Å². The summed E-state index contributed by atoms with van der Waals surface area (Å²) in [5, 5.41) is 32.4. The van der Waals surface area contributed by atoms with Crippen LogP contribution in [0.4, 0.5) is 5.13 Å². The maximum absolute atomic E-state index is 12.6.